The number of hydrogen-bond acceptors (Lipinski definition) is 2. The molecule has 2 unspecified atom stereocenters. The molecule has 1 heterocycles. The van der Waals surface area contributed by atoms with Crippen LogP contribution in [0, 0.1) is 0 Å². The van der Waals surface area contributed by atoms with Crippen LogP contribution in [0.4, 0.5) is 0 Å². The molecule has 1 aliphatic rings. The van der Waals surface area contributed by atoms with E-state index in [0.717, 1.165) is 16.1 Å². The maximum absolute atomic E-state index is 6.19. The number of rotatable bonds is 4. The second-order valence-electron chi connectivity index (χ2n) is 8.12. The van der Waals surface area contributed by atoms with E-state index in [4.69, 9.17) is 11.6 Å². The summed E-state index contributed by atoms with van der Waals surface area (Å²) in [6, 6.07) is 38.1. The van der Waals surface area contributed by atoms with Gasteiger partial charge in [-0.05, 0) is 46.0 Å². The molecule has 4 aromatic carbocycles. The van der Waals surface area contributed by atoms with E-state index < -0.39 is 0 Å². The van der Waals surface area contributed by atoms with E-state index in [1.54, 1.807) is 0 Å². The highest BCUT2D eigenvalue weighted by atomic mass is 35.5. The molecule has 4 aromatic rings. The number of benzene rings is 4. The first-order chi connectivity index (χ1) is 15.7. The summed E-state index contributed by atoms with van der Waals surface area (Å²) in [5.41, 5.74) is 7.20. The van der Waals surface area contributed by atoms with Crippen molar-refractivity contribution < 1.29 is 0 Å². The van der Waals surface area contributed by atoms with E-state index in [9.17, 15) is 0 Å². The van der Waals surface area contributed by atoms with Gasteiger partial charge in [-0.1, -0.05) is 109 Å². The molecule has 158 valence electrons. The van der Waals surface area contributed by atoms with Crippen LogP contribution in [0.15, 0.2) is 115 Å². The zero-order valence-electron chi connectivity index (χ0n) is 17.9. The van der Waals surface area contributed by atoms with Crippen LogP contribution < -0.4 is 5.32 Å². The molecule has 2 atom stereocenters. The van der Waals surface area contributed by atoms with Gasteiger partial charge in [0.05, 0.1) is 6.04 Å². The Hall–Kier alpha value is -3.33. The Morgan fingerprint density at radius 1 is 0.656 bits per heavy atom. The minimum Gasteiger partial charge on any atom is -0.355 e. The highest BCUT2D eigenvalue weighted by molar-refractivity contribution is 6.30. The standard InChI is InChI=1S/C29H25ClN2/c1-32-28(23-17-15-21(16-18-23)25-13-8-14-26(30)19-25)20-27(22-9-4-2-5-10-22)31-29(32)24-11-6-3-7-12-24/h2-20,27,29,31H,1H3. The Labute approximate surface area is 194 Å². The second-order valence-corrected chi connectivity index (χ2v) is 8.56. The van der Waals surface area contributed by atoms with Crippen LogP contribution in [-0.4, -0.2) is 11.9 Å². The third kappa shape index (κ3) is 4.20. The molecular weight excluding hydrogens is 412 g/mol. The molecule has 0 saturated heterocycles. The third-order valence-electron chi connectivity index (χ3n) is 6.04. The summed E-state index contributed by atoms with van der Waals surface area (Å²) >= 11 is 6.19. The molecule has 0 aromatic heterocycles. The Balaban J connectivity index is 1.53. The molecule has 5 rings (SSSR count). The van der Waals surface area contributed by atoms with Gasteiger partial charge >= 0.3 is 0 Å². The van der Waals surface area contributed by atoms with Crippen molar-refractivity contribution in [3.63, 3.8) is 0 Å². The van der Waals surface area contributed by atoms with Crippen molar-refractivity contribution in [1.82, 2.24) is 10.2 Å². The lowest BCUT2D eigenvalue weighted by Crippen LogP contribution is -2.40. The summed E-state index contributed by atoms with van der Waals surface area (Å²) in [4.78, 5) is 2.32. The maximum Gasteiger partial charge on any atom is 0.106 e. The molecule has 32 heavy (non-hydrogen) atoms. The lowest BCUT2D eigenvalue weighted by Gasteiger charge is -2.40. The molecule has 0 bridgehead atoms. The van der Waals surface area contributed by atoms with Crippen LogP contribution in [0.5, 0.6) is 0 Å². The van der Waals surface area contributed by atoms with E-state index in [2.05, 4.69) is 114 Å². The van der Waals surface area contributed by atoms with Crippen molar-refractivity contribution in [3.8, 4) is 11.1 Å². The fraction of sp³-hybridized carbons (Fsp3) is 0.103. The van der Waals surface area contributed by atoms with Crippen LogP contribution in [0.2, 0.25) is 5.02 Å². The van der Waals surface area contributed by atoms with Crippen molar-refractivity contribution in [2.45, 2.75) is 12.2 Å². The number of halogens is 1. The van der Waals surface area contributed by atoms with Gasteiger partial charge in [-0.3, -0.25) is 5.32 Å². The molecule has 2 nitrogen and oxygen atoms in total. The average molecular weight is 437 g/mol. The van der Waals surface area contributed by atoms with Crippen LogP contribution in [0.3, 0.4) is 0 Å². The first kappa shape index (κ1) is 20.6. The molecule has 0 aliphatic carbocycles. The summed E-state index contributed by atoms with van der Waals surface area (Å²) in [5.74, 6) is 0. The smallest absolute Gasteiger partial charge is 0.106 e. The van der Waals surface area contributed by atoms with E-state index in [1.165, 1.54) is 22.4 Å². The summed E-state index contributed by atoms with van der Waals surface area (Å²) < 4.78 is 0. The molecule has 0 saturated carbocycles. The summed E-state index contributed by atoms with van der Waals surface area (Å²) in [6.07, 6.45) is 2.40. The van der Waals surface area contributed by atoms with Gasteiger partial charge in [-0.25, -0.2) is 0 Å². The van der Waals surface area contributed by atoms with Gasteiger partial charge in [0.25, 0.3) is 0 Å². The normalized spacial score (nSPS) is 18.3. The van der Waals surface area contributed by atoms with E-state index in [0.29, 0.717) is 0 Å². The van der Waals surface area contributed by atoms with Crippen molar-refractivity contribution >= 4 is 17.3 Å². The van der Waals surface area contributed by atoms with Gasteiger partial charge in [0, 0.05) is 17.8 Å². The van der Waals surface area contributed by atoms with Gasteiger partial charge in [0.1, 0.15) is 6.17 Å². The molecule has 1 aliphatic heterocycles. The molecular formula is C29H25ClN2. The molecule has 0 radical (unpaired) electrons. The average Bonchev–Trinajstić information content (AvgIpc) is 2.85. The van der Waals surface area contributed by atoms with Crippen LogP contribution in [-0.2, 0) is 0 Å². The molecule has 3 heteroatoms. The minimum absolute atomic E-state index is 0.0778. The Morgan fingerprint density at radius 2 is 1.28 bits per heavy atom. The zero-order chi connectivity index (χ0) is 21.9. The second kappa shape index (κ2) is 9.04. The number of nitrogens with one attached hydrogen (secondary N) is 1. The first-order valence-electron chi connectivity index (χ1n) is 10.9. The van der Waals surface area contributed by atoms with Gasteiger partial charge < -0.3 is 4.90 Å². The highest BCUT2D eigenvalue weighted by Crippen LogP contribution is 2.36. The van der Waals surface area contributed by atoms with Crippen LogP contribution in [0.1, 0.15) is 28.9 Å². The predicted octanol–water partition coefficient (Wildman–Crippen LogP) is 7.32. The van der Waals surface area contributed by atoms with E-state index in [1.807, 2.05) is 18.2 Å². The van der Waals surface area contributed by atoms with E-state index in [-0.39, 0.29) is 12.2 Å². The van der Waals surface area contributed by atoms with Crippen LogP contribution >= 0.6 is 11.6 Å². The van der Waals surface area contributed by atoms with Gasteiger partial charge in [-0.2, -0.15) is 0 Å². The predicted molar refractivity (Wildman–Crippen MR) is 134 cm³/mol. The molecule has 0 spiro atoms. The lowest BCUT2D eigenvalue weighted by molar-refractivity contribution is 0.263. The Kier molecular flexibility index (Phi) is 5.81. The lowest BCUT2D eigenvalue weighted by atomic mass is 9.96. The highest BCUT2D eigenvalue weighted by Gasteiger charge is 2.28. The number of nitrogens with zero attached hydrogens (tertiary/aromatic N) is 1. The molecule has 0 fully saturated rings. The topological polar surface area (TPSA) is 15.3 Å². The SMILES string of the molecule is CN1C(c2ccc(-c3cccc(Cl)c3)cc2)=CC(c2ccccc2)NC1c1ccccc1. The van der Waals surface area contributed by atoms with Gasteiger partial charge in [0.15, 0.2) is 0 Å². The molecule has 1 N–H and O–H groups in total. The first-order valence-corrected chi connectivity index (χ1v) is 11.2. The zero-order valence-corrected chi connectivity index (χ0v) is 18.7. The third-order valence-corrected chi connectivity index (χ3v) is 6.28. The molecule has 0 amide bonds. The summed E-state index contributed by atoms with van der Waals surface area (Å²) in [7, 11) is 2.16. The summed E-state index contributed by atoms with van der Waals surface area (Å²) in [6.45, 7) is 0. The van der Waals surface area contributed by atoms with Crippen molar-refractivity contribution in [3.05, 3.63) is 137 Å². The quantitative estimate of drug-likeness (QED) is 0.360. The summed E-state index contributed by atoms with van der Waals surface area (Å²) in [5, 5.41) is 4.57. The maximum atomic E-state index is 6.19. The Bertz CT molecular complexity index is 1220. The fourth-order valence-corrected chi connectivity index (χ4v) is 4.54. The Morgan fingerprint density at radius 3 is 1.94 bits per heavy atom. The monoisotopic (exact) mass is 436 g/mol. The van der Waals surface area contributed by atoms with Crippen molar-refractivity contribution in [1.29, 1.82) is 0 Å². The van der Waals surface area contributed by atoms with Gasteiger partial charge in [0.2, 0.25) is 0 Å². The number of hydrogen-bond donors (Lipinski definition) is 1. The minimum atomic E-state index is 0.0778. The van der Waals surface area contributed by atoms with Crippen molar-refractivity contribution in [2.75, 3.05) is 7.05 Å². The van der Waals surface area contributed by atoms with E-state index >= 15 is 0 Å². The van der Waals surface area contributed by atoms with Gasteiger partial charge in [-0.15, -0.1) is 0 Å². The van der Waals surface area contributed by atoms with Crippen LogP contribution in [0.25, 0.3) is 16.8 Å². The fourth-order valence-electron chi connectivity index (χ4n) is 4.35. The largest absolute Gasteiger partial charge is 0.355 e. The van der Waals surface area contributed by atoms with Crippen molar-refractivity contribution in [2.24, 2.45) is 0 Å².